The molecule has 5 heteroatoms. The fourth-order valence-corrected chi connectivity index (χ4v) is 1.74. The summed E-state index contributed by atoms with van der Waals surface area (Å²) in [5.41, 5.74) is 0.968. The monoisotopic (exact) mass is 258 g/mol. The average Bonchev–Trinajstić information content (AvgIpc) is 2.83. The van der Waals surface area contributed by atoms with Gasteiger partial charge in [-0.25, -0.2) is 4.98 Å². The molecule has 1 atom stereocenters. The minimum absolute atomic E-state index is 0.0173. The minimum atomic E-state index is -0.318. The fraction of sp³-hybridized carbons (Fsp3) is 0.357. The van der Waals surface area contributed by atoms with E-state index in [1.165, 1.54) is 0 Å². The van der Waals surface area contributed by atoms with Crippen molar-refractivity contribution in [2.45, 2.75) is 26.8 Å². The van der Waals surface area contributed by atoms with Gasteiger partial charge in [-0.1, -0.05) is 44.2 Å². The van der Waals surface area contributed by atoms with Crippen LogP contribution in [0.25, 0.3) is 0 Å². The second-order valence-corrected chi connectivity index (χ2v) is 4.79. The molecule has 1 aromatic heterocycles. The van der Waals surface area contributed by atoms with Crippen molar-refractivity contribution < 1.29 is 4.79 Å². The highest BCUT2D eigenvalue weighted by Gasteiger charge is 2.21. The molecule has 0 radical (unpaired) electrons. The van der Waals surface area contributed by atoms with Crippen LogP contribution in [0.4, 0.5) is 0 Å². The van der Waals surface area contributed by atoms with Gasteiger partial charge in [-0.05, 0) is 12.5 Å². The van der Waals surface area contributed by atoms with Crippen LogP contribution in [0.15, 0.2) is 30.3 Å². The Bertz CT molecular complexity index is 548. The molecule has 0 spiro atoms. The lowest BCUT2D eigenvalue weighted by atomic mass is 10.1. The number of H-pyrrole nitrogens is 1. The van der Waals surface area contributed by atoms with E-state index in [0.29, 0.717) is 5.82 Å². The Morgan fingerprint density at radius 1 is 1.26 bits per heavy atom. The van der Waals surface area contributed by atoms with E-state index in [-0.39, 0.29) is 17.9 Å². The standard InChI is InChI=1S/C14H18N4O/c1-9(2)14(19)16-12(11-7-5-4-6-8-11)13-15-10(3)17-18-13/h4-9,12H,1-3H3,(H,16,19)(H,15,17,18)/t12-/m1/s1. The van der Waals surface area contributed by atoms with E-state index in [2.05, 4.69) is 20.5 Å². The third kappa shape index (κ3) is 3.19. The van der Waals surface area contributed by atoms with E-state index in [4.69, 9.17) is 0 Å². The SMILES string of the molecule is Cc1nc([C@H](NC(=O)C(C)C)c2ccccc2)n[nH]1. The lowest BCUT2D eigenvalue weighted by molar-refractivity contribution is -0.124. The zero-order valence-electron chi connectivity index (χ0n) is 11.3. The van der Waals surface area contributed by atoms with E-state index in [1.807, 2.05) is 51.1 Å². The Labute approximate surface area is 112 Å². The lowest BCUT2D eigenvalue weighted by Crippen LogP contribution is -2.33. The van der Waals surface area contributed by atoms with Crippen molar-refractivity contribution in [2.24, 2.45) is 5.92 Å². The van der Waals surface area contributed by atoms with Gasteiger partial charge in [0.15, 0.2) is 5.82 Å². The van der Waals surface area contributed by atoms with Crippen molar-refractivity contribution in [3.05, 3.63) is 47.5 Å². The van der Waals surface area contributed by atoms with Gasteiger partial charge in [0, 0.05) is 5.92 Å². The number of amides is 1. The van der Waals surface area contributed by atoms with Crippen LogP contribution >= 0.6 is 0 Å². The van der Waals surface area contributed by atoms with Gasteiger partial charge in [0.1, 0.15) is 11.9 Å². The van der Waals surface area contributed by atoms with Gasteiger partial charge >= 0.3 is 0 Å². The van der Waals surface area contributed by atoms with Crippen molar-refractivity contribution in [1.29, 1.82) is 0 Å². The summed E-state index contributed by atoms with van der Waals surface area (Å²) in [4.78, 5) is 16.2. The summed E-state index contributed by atoms with van der Waals surface area (Å²) in [5, 5.41) is 9.94. The van der Waals surface area contributed by atoms with Crippen molar-refractivity contribution in [3.63, 3.8) is 0 Å². The molecule has 2 N–H and O–H groups in total. The quantitative estimate of drug-likeness (QED) is 0.880. The number of carbonyl (C=O) groups excluding carboxylic acids is 1. The van der Waals surface area contributed by atoms with E-state index >= 15 is 0 Å². The fourth-order valence-electron chi connectivity index (χ4n) is 1.74. The summed E-state index contributed by atoms with van der Waals surface area (Å²) in [6.45, 7) is 5.56. The highest BCUT2D eigenvalue weighted by Crippen LogP contribution is 2.19. The average molecular weight is 258 g/mol. The van der Waals surface area contributed by atoms with E-state index in [1.54, 1.807) is 0 Å². The van der Waals surface area contributed by atoms with Gasteiger partial charge in [0.2, 0.25) is 5.91 Å². The van der Waals surface area contributed by atoms with Gasteiger partial charge in [0.05, 0.1) is 0 Å². The van der Waals surface area contributed by atoms with E-state index in [9.17, 15) is 4.79 Å². The van der Waals surface area contributed by atoms with Crippen LogP contribution in [0.2, 0.25) is 0 Å². The molecule has 0 fully saturated rings. The second-order valence-electron chi connectivity index (χ2n) is 4.79. The Morgan fingerprint density at radius 2 is 1.95 bits per heavy atom. The molecule has 0 aliphatic rings. The van der Waals surface area contributed by atoms with Crippen LogP contribution in [-0.4, -0.2) is 21.1 Å². The molecule has 2 rings (SSSR count). The molecule has 0 bridgehead atoms. The van der Waals surface area contributed by atoms with Gasteiger partial charge in [-0.2, -0.15) is 5.10 Å². The van der Waals surface area contributed by atoms with Crippen LogP contribution in [0.1, 0.15) is 37.1 Å². The first-order valence-electron chi connectivity index (χ1n) is 6.32. The molecule has 0 unspecified atom stereocenters. The van der Waals surface area contributed by atoms with Crippen molar-refractivity contribution in [2.75, 3.05) is 0 Å². The topological polar surface area (TPSA) is 70.7 Å². The van der Waals surface area contributed by atoms with Crippen LogP contribution < -0.4 is 5.32 Å². The number of aromatic nitrogens is 3. The smallest absolute Gasteiger partial charge is 0.223 e. The number of rotatable bonds is 4. The summed E-state index contributed by atoms with van der Waals surface area (Å²) in [5.74, 6) is 1.22. The third-order valence-electron chi connectivity index (χ3n) is 2.82. The van der Waals surface area contributed by atoms with Crippen LogP contribution in [0.5, 0.6) is 0 Å². The maximum atomic E-state index is 11.9. The molecule has 2 aromatic rings. The molecular weight excluding hydrogens is 240 g/mol. The van der Waals surface area contributed by atoms with Gasteiger partial charge in [0.25, 0.3) is 0 Å². The normalized spacial score (nSPS) is 12.4. The number of nitrogens with zero attached hydrogens (tertiary/aromatic N) is 2. The predicted molar refractivity (Wildman–Crippen MR) is 72.4 cm³/mol. The summed E-state index contributed by atoms with van der Waals surface area (Å²) in [7, 11) is 0. The van der Waals surface area contributed by atoms with Gasteiger partial charge in [-0.3, -0.25) is 9.89 Å². The summed E-state index contributed by atoms with van der Waals surface area (Å²) in [6.07, 6.45) is 0. The molecule has 0 saturated heterocycles. The maximum absolute atomic E-state index is 11.9. The number of hydrogen-bond donors (Lipinski definition) is 2. The zero-order chi connectivity index (χ0) is 13.8. The molecule has 5 nitrogen and oxygen atoms in total. The first kappa shape index (κ1) is 13.3. The first-order chi connectivity index (χ1) is 9.08. The Morgan fingerprint density at radius 3 is 2.47 bits per heavy atom. The molecule has 100 valence electrons. The third-order valence-corrected chi connectivity index (χ3v) is 2.82. The first-order valence-corrected chi connectivity index (χ1v) is 6.32. The predicted octanol–water partition coefficient (Wildman–Crippen LogP) is 1.97. The number of hydrogen-bond acceptors (Lipinski definition) is 3. The number of benzene rings is 1. The largest absolute Gasteiger partial charge is 0.342 e. The minimum Gasteiger partial charge on any atom is -0.342 e. The maximum Gasteiger partial charge on any atom is 0.223 e. The summed E-state index contributed by atoms with van der Waals surface area (Å²) >= 11 is 0. The van der Waals surface area contributed by atoms with Crippen molar-refractivity contribution in [1.82, 2.24) is 20.5 Å². The molecule has 0 saturated carbocycles. The molecule has 1 amide bonds. The Balaban J connectivity index is 2.31. The van der Waals surface area contributed by atoms with Gasteiger partial charge < -0.3 is 5.32 Å². The van der Waals surface area contributed by atoms with Crippen LogP contribution in [0.3, 0.4) is 0 Å². The molecule has 1 aromatic carbocycles. The molecule has 0 aliphatic carbocycles. The lowest BCUT2D eigenvalue weighted by Gasteiger charge is -2.17. The van der Waals surface area contributed by atoms with E-state index in [0.717, 1.165) is 11.4 Å². The summed E-state index contributed by atoms with van der Waals surface area (Å²) in [6, 6.07) is 9.40. The summed E-state index contributed by atoms with van der Waals surface area (Å²) < 4.78 is 0. The highest BCUT2D eigenvalue weighted by atomic mass is 16.1. The Hall–Kier alpha value is -2.17. The van der Waals surface area contributed by atoms with E-state index < -0.39 is 0 Å². The Kier molecular flexibility index (Phi) is 3.94. The highest BCUT2D eigenvalue weighted by molar-refractivity contribution is 5.78. The molecular formula is C14H18N4O. The van der Waals surface area contributed by atoms with Crippen LogP contribution in [-0.2, 0) is 4.79 Å². The molecule has 19 heavy (non-hydrogen) atoms. The molecule has 0 aliphatic heterocycles. The zero-order valence-corrected chi connectivity index (χ0v) is 11.3. The number of carbonyl (C=O) groups is 1. The van der Waals surface area contributed by atoms with Gasteiger partial charge in [-0.15, -0.1) is 0 Å². The molecule has 1 heterocycles. The van der Waals surface area contributed by atoms with Crippen molar-refractivity contribution >= 4 is 5.91 Å². The number of nitrogens with one attached hydrogen (secondary N) is 2. The van der Waals surface area contributed by atoms with Crippen molar-refractivity contribution in [3.8, 4) is 0 Å². The van der Waals surface area contributed by atoms with Crippen LogP contribution in [0, 0.1) is 12.8 Å². The number of aromatic amines is 1. The number of aryl methyl sites for hydroxylation is 1. The second kappa shape index (κ2) is 5.65.